The van der Waals surface area contributed by atoms with Crippen LogP contribution in [0.3, 0.4) is 0 Å². The summed E-state index contributed by atoms with van der Waals surface area (Å²) in [5.74, 6) is -0.621. The smallest absolute Gasteiger partial charge is 0.275 e. The fourth-order valence-electron chi connectivity index (χ4n) is 2.40. The number of amides is 1. The highest BCUT2D eigenvalue weighted by Crippen LogP contribution is 2.30. The van der Waals surface area contributed by atoms with Crippen molar-refractivity contribution in [2.75, 3.05) is 5.32 Å². The molecule has 1 N–H and O–H groups in total. The van der Waals surface area contributed by atoms with Crippen LogP contribution in [0.5, 0.6) is 0 Å². The van der Waals surface area contributed by atoms with Gasteiger partial charge >= 0.3 is 0 Å². The Balaban J connectivity index is 2.15. The molecule has 100 valence electrons. The fraction of sp³-hybridized carbons (Fsp3) is 0.125. The Morgan fingerprint density at radius 1 is 1.15 bits per heavy atom. The zero-order chi connectivity index (χ0) is 14.3. The Kier molecular flexibility index (Phi) is 2.86. The molecule has 1 amide bonds. The molecule has 0 bridgehead atoms. The molecule has 0 radical (unpaired) electrons. The Morgan fingerprint density at radius 2 is 1.95 bits per heavy atom. The topological polar surface area (TPSA) is 41.5 Å². The Hall–Kier alpha value is -2.49. The van der Waals surface area contributed by atoms with Crippen molar-refractivity contribution >= 4 is 23.0 Å². The van der Waals surface area contributed by atoms with Crippen LogP contribution in [0.4, 0.5) is 15.8 Å². The second-order valence-electron chi connectivity index (χ2n) is 4.90. The lowest BCUT2D eigenvalue weighted by molar-refractivity contribution is -0.110. The number of hydrogen-bond donors (Lipinski definition) is 1. The van der Waals surface area contributed by atoms with Gasteiger partial charge in [-0.2, -0.15) is 0 Å². The highest BCUT2D eigenvalue weighted by molar-refractivity contribution is 6.54. The van der Waals surface area contributed by atoms with Gasteiger partial charge in [-0.3, -0.25) is 4.79 Å². The average molecular weight is 268 g/mol. The first kappa shape index (κ1) is 12.5. The number of hydrogen-bond acceptors (Lipinski definition) is 2. The second kappa shape index (κ2) is 4.56. The van der Waals surface area contributed by atoms with Crippen molar-refractivity contribution in [2.24, 2.45) is 4.99 Å². The van der Waals surface area contributed by atoms with Gasteiger partial charge in [0.2, 0.25) is 0 Å². The fourth-order valence-corrected chi connectivity index (χ4v) is 2.40. The first-order valence-corrected chi connectivity index (χ1v) is 6.32. The number of nitrogens with one attached hydrogen (secondary N) is 1. The van der Waals surface area contributed by atoms with Crippen molar-refractivity contribution in [1.29, 1.82) is 0 Å². The molecule has 2 aromatic carbocycles. The highest BCUT2D eigenvalue weighted by Gasteiger charge is 2.27. The molecule has 0 unspecified atom stereocenters. The van der Waals surface area contributed by atoms with Crippen LogP contribution < -0.4 is 5.32 Å². The minimum Gasteiger partial charge on any atom is -0.320 e. The van der Waals surface area contributed by atoms with Gasteiger partial charge in [0.25, 0.3) is 5.91 Å². The maximum Gasteiger partial charge on any atom is 0.275 e. The zero-order valence-electron chi connectivity index (χ0n) is 11.2. The molecule has 1 heterocycles. The third-order valence-electron chi connectivity index (χ3n) is 3.24. The Morgan fingerprint density at radius 3 is 2.70 bits per heavy atom. The number of rotatable bonds is 1. The van der Waals surface area contributed by atoms with Gasteiger partial charge in [-0.1, -0.05) is 17.7 Å². The Labute approximate surface area is 116 Å². The predicted octanol–water partition coefficient (Wildman–Crippen LogP) is 3.52. The number of fused-ring (bicyclic) bond motifs is 1. The summed E-state index contributed by atoms with van der Waals surface area (Å²) < 4.78 is 13.2. The molecule has 1 aliphatic heterocycles. The predicted molar refractivity (Wildman–Crippen MR) is 77.1 cm³/mol. The quantitative estimate of drug-likeness (QED) is 0.844. The van der Waals surface area contributed by atoms with E-state index in [9.17, 15) is 9.18 Å². The van der Waals surface area contributed by atoms with Crippen molar-refractivity contribution in [3.8, 4) is 0 Å². The molecule has 0 spiro atoms. The second-order valence-corrected chi connectivity index (χ2v) is 4.90. The van der Waals surface area contributed by atoms with E-state index in [1.807, 2.05) is 26.0 Å². The van der Waals surface area contributed by atoms with Gasteiger partial charge in [-0.25, -0.2) is 9.38 Å². The Bertz CT molecular complexity index is 750. The van der Waals surface area contributed by atoms with Crippen LogP contribution in [-0.4, -0.2) is 11.6 Å². The van der Waals surface area contributed by atoms with Crippen LogP contribution in [0.15, 0.2) is 41.4 Å². The normalized spacial score (nSPS) is 15.3. The van der Waals surface area contributed by atoms with Crippen LogP contribution >= 0.6 is 0 Å². The minimum atomic E-state index is -0.370. The molecule has 3 rings (SSSR count). The maximum absolute atomic E-state index is 13.2. The number of benzene rings is 2. The standard InChI is InChI=1S/C16H13FN2O/c1-9-6-10(2)14-13(7-9)15(16(20)19-14)18-12-5-3-4-11(17)8-12/h3-8H,1-2H3,(H,18,19,20). The number of anilines is 1. The molecule has 0 atom stereocenters. The molecular formula is C16H13FN2O. The van der Waals surface area contributed by atoms with Gasteiger partial charge in [-0.05, 0) is 43.7 Å². The van der Waals surface area contributed by atoms with E-state index in [2.05, 4.69) is 10.3 Å². The van der Waals surface area contributed by atoms with Crippen LogP contribution in [0.25, 0.3) is 0 Å². The molecule has 2 aromatic rings. The lowest BCUT2D eigenvalue weighted by Crippen LogP contribution is -2.14. The van der Waals surface area contributed by atoms with E-state index < -0.39 is 0 Å². The third-order valence-corrected chi connectivity index (χ3v) is 3.24. The summed E-state index contributed by atoms with van der Waals surface area (Å²) in [6, 6.07) is 9.82. The third kappa shape index (κ3) is 2.09. The summed E-state index contributed by atoms with van der Waals surface area (Å²) in [6.07, 6.45) is 0. The summed E-state index contributed by atoms with van der Waals surface area (Å²) in [7, 11) is 0. The summed E-state index contributed by atoms with van der Waals surface area (Å²) in [5.41, 5.74) is 4.38. The summed E-state index contributed by atoms with van der Waals surface area (Å²) in [5, 5.41) is 2.81. The van der Waals surface area contributed by atoms with Gasteiger partial charge in [0, 0.05) is 5.56 Å². The van der Waals surface area contributed by atoms with Crippen LogP contribution in [-0.2, 0) is 4.79 Å². The molecule has 1 aliphatic rings. The number of aliphatic imine (C=N–C) groups is 1. The zero-order valence-corrected chi connectivity index (χ0v) is 11.2. The molecular weight excluding hydrogens is 255 g/mol. The van der Waals surface area contributed by atoms with Crippen molar-refractivity contribution in [1.82, 2.24) is 0 Å². The van der Waals surface area contributed by atoms with Crippen molar-refractivity contribution in [2.45, 2.75) is 13.8 Å². The van der Waals surface area contributed by atoms with Crippen molar-refractivity contribution in [3.05, 3.63) is 58.9 Å². The van der Waals surface area contributed by atoms with E-state index in [0.717, 1.165) is 22.4 Å². The summed E-state index contributed by atoms with van der Waals surface area (Å²) in [6.45, 7) is 3.91. The van der Waals surface area contributed by atoms with Gasteiger partial charge < -0.3 is 5.32 Å². The largest absolute Gasteiger partial charge is 0.320 e. The van der Waals surface area contributed by atoms with Gasteiger partial charge in [0.15, 0.2) is 0 Å². The van der Waals surface area contributed by atoms with E-state index >= 15 is 0 Å². The lowest BCUT2D eigenvalue weighted by atomic mass is 10.0. The van der Waals surface area contributed by atoms with E-state index in [0.29, 0.717) is 11.4 Å². The lowest BCUT2D eigenvalue weighted by Gasteiger charge is -2.04. The molecule has 0 aliphatic carbocycles. The van der Waals surface area contributed by atoms with Gasteiger partial charge in [0.05, 0.1) is 11.4 Å². The van der Waals surface area contributed by atoms with Gasteiger partial charge in [-0.15, -0.1) is 0 Å². The van der Waals surface area contributed by atoms with Crippen LogP contribution in [0.1, 0.15) is 16.7 Å². The number of nitrogens with zero attached hydrogens (tertiary/aromatic N) is 1. The highest BCUT2D eigenvalue weighted by atomic mass is 19.1. The van der Waals surface area contributed by atoms with E-state index in [-0.39, 0.29) is 11.7 Å². The number of carbonyl (C=O) groups excluding carboxylic acids is 1. The van der Waals surface area contributed by atoms with E-state index in [1.165, 1.54) is 12.1 Å². The first-order valence-electron chi connectivity index (χ1n) is 6.32. The summed E-state index contributed by atoms with van der Waals surface area (Å²) >= 11 is 0. The van der Waals surface area contributed by atoms with Crippen molar-refractivity contribution in [3.63, 3.8) is 0 Å². The number of halogens is 1. The molecule has 0 aromatic heterocycles. The average Bonchev–Trinajstić information content (AvgIpc) is 2.68. The maximum atomic E-state index is 13.2. The molecule has 20 heavy (non-hydrogen) atoms. The van der Waals surface area contributed by atoms with E-state index in [1.54, 1.807) is 12.1 Å². The van der Waals surface area contributed by atoms with Crippen molar-refractivity contribution < 1.29 is 9.18 Å². The number of aryl methyl sites for hydroxylation is 2. The molecule has 4 heteroatoms. The summed E-state index contributed by atoms with van der Waals surface area (Å²) in [4.78, 5) is 16.3. The van der Waals surface area contributed by atoms with Gasteiger partial charge in [0.1, 0.15) is 11.5 Å². The monoisotopic (exact) mass is 268 g/mol. The first-order chi connectivity index (χ1) is 9.54. The van der Waals surface area contributed by atoms with E-state index in [4.69, 9.17) is 0 Å². The molecule has 3 nitrogen and oxygen atoms in total. The van der Waals surface area contributed by atoms with Crippen LogP contribution in [0, 0.1) is 19.7 Å². The molecule has 0 saturated heterocycles. The minimum absolute atomic E-state index is 0.252. The molecule has 0 fully saturated rings. The molecule has 0 saturated carbocycles. The number of carbonyl (C=O) groups is 1. The SMILES string of the molecule is Cc1cc(C)c2c(c1)C(=Nc1cccc(F)c1)C(=O)N2. The van der Waals surface area contributed by atoms with Crippen LogP contribution in [0.2, 0.25) is 0 Å².